The van der Waals surface area contributed by atoms with E-state index in [1.165, 1.54) is 18.4 Å². The van der Waals surface area contributed by atoms with Crippen LogP contribution in [0.4, 0.5) is 0 Å². The number of para-hydroxylation sites is 1. The molecule has 0 saturated heterocycles. The van der Waals surface area contributed by atoms with Crippen LogP contribution in [-0.2, 0) is 6.54 Å². The third kappa shape index (κ3) is 4.48. The molecule has 35 heavy (non-hydrogen) atoms. The van der Waals surface area contributed by atoms with Gasteiger partial charge in [-0.15, -0.1) is 10.2 Å². The first-order valence-electron chi connectivity index (χ1n) is 12.7. The van der Waals surface area contributed by atoms with Crippen LogP contribution in [-0.4, -0.2) is 40.2 Å². The van der Waals surface area contributed by atoms with Crippen LogP contribution in [0.2, 0.25) is 0 Å². The van der Waals surface area contributed by atoms with Gasteiger partial charge in [-0.25, -0.2) is 9.36 Å². The molecule has 2 aliphatic rings. The zero-order valence-electron chi connectivity index (χ0n) is 20.2. The monoisotopic (exact) mass is 469 g/mol. The van der Waals surface area contributed by atoms with Crippen LogP contribution in [0.15, 0.2) is 48.7 Å². The highest BCUT2D eigenvalue weighted by Crippen LogP contribution is 2.44. The molecule has 0 amide bonds. The molecule has 2 unspecified atom stereocenters. The normalized spacial score (nSPS) is 17.4. The Kier molecular flexibility index (Phi) is 5.85. The van der Waals surface area contributed by atoms with Gasteiger partial charge in [-0.05, 0) is 79.1 Å². The lowest BCUT2D eigenvalue weighted by Gasteiger charge is -2.20. The highest BCUT2D eigenvalue weighted by Gasteiger charge is 2.37. The van der Waals surface area contributed by atoms with Crippen LogP contribution >= 0.6 is 0 Å². The van der Waals surface area contributed by atoms with Gasteiger partial charge in [-0.1, -0.05) is 36.4 Å². The Bertz CT molecular complexity index is 1270. The quantitative estimate of drug-likeness (QED) is 0.371. The predicted molar refractivity (Wildman–Crippen MR) is 131 cm³/mol. The minimum atomic E-state index is -0.294. The molecule has 2 atom stereocenters. The molecule has 4 aromatic rings. The molecular weight excluding hydrogens is 438 g/mol. The van der Waals surface area contributed by atoms with E-state index in [1.807, 2.05) is 33.8 Å². The predicted octanol–water partition coefficient (Wildman–Crippen LogP) is 4.25. The topological polar surface area (TPSA) is 99.2 Å². The van der Waals surface area contributed by atoms with Crippen LogP contribution in [0.5, 0.6) is 0 Å². The Morgan fingerprint density at radius 1 is 0.971 bits per heavy atom. The molecule has 1 N–H and O–H groups in total. The maximum absolute atomic E-state index is 4.72. The first-order valence-corrected chi connectivity index (χ1v) is 12.7. The number of nitrogens with one attached hydrogen (secondary N) is 1. The second-order valence-electron chi connectivity index (χ2n) is 9.79. The summed E-state index contributed by atoms with van der Waals surface area (Å²) >= 11 is 0. The first kappa shape index (κ1) is 22.0. The van der Waals surface area contributed by atoms with Crippen molar-refractivity contribution in [1.82, 2.24) is 45.5 Å². The van der Waals surface area contributed by atoms with Crippen molar-refractivity contribution in [2.24, 2.45) is 0 Å². The fourth-order valence-corrected chi connectivity index (χ4v) is 4.60. The van der Waals surface area contributed by atoms with E-state index >= 15 is 0 Å². The Labute approximate surface area is 205 Å². The van der Waals surface area contributed by atoms with Gasteiger partial charge >= 0.3 is 0 Å². The molecule has 2 fully saturated rings. The Morgan fingerprint density at radius 2 is 1.77 bits per heavy atom. The molecule has 0 spiro atoms. The smallest absolute Gasteiger partial charge is 0.174 e. The van der Waals surface area contributed by atoms with Crippen molar-refractivity contribution in [2.45, 2.75) is 76.4 Å². The van der Waals surface area contributed by atoms with Crippen LogP contribution in [0.3, 0.4) is 0 Å². The third-order valence-electron chi connectivity index (χ3n) is 7.14. The van der Waals surface area contributed by atoms with E-state index in [1.54, 1.807) is 0 Å². The summed E-state index contributed by atoms with van der Waals surface area (Å²) in [5, 5.41) is 25.8. The summed E-state index contributed by atoms with van der Waals surface area (Å²) in [6, 6.07) is 14.4. The van der Waals surface area contributed by atoms with Gasteiger partial charge in [0.25, 0.3) is 0 Å². The van der Waals surface area contributed by atoms with Gasteiger partial charge in [-0.3, -0.25) is 10.3 Å². The van der Waals surface area contributed by atoms with E-state index in [0.29, 0.717) is 18.4 Å². The van der Waals surface area contributed by atoms with Crippen LogP contribution in [0.1, 0.15) is 98.3 Å². The van der Waals surface area contributed by atoms with Crippen LogP contribution < -0.4 is 5.32 Å². The second-order valence-corrected chi connectivity index (χ2v) is 9.79. The van der Waals surface area contributed by atoms with Crippen molar-refractivity contribution in [3.63, 3.8) is 0 Å². The van der Waals surface area contributed by atoms with Gasteiger partial charge < -0.3 is 0 Å². The number of pyridine rings is 1. The fraction of sp³-hybridized carbons (Fsp3) is 0.462. The molecule has 3 aromatic heterocycles. The lowest BCUT2D eigenvalue weighted by atomic mass is 10.1. The lowest BCUT2D eigenvalue weighted by Crippen LogP contribution is -2.28. The number of hydrogen-bond donors (Lipinski definition) is 1. The molecule has 6 rings (SSSR count). The van der Waals surface area contributed by atoms with Crippen molar-refractivity contribution in [3.8, 4) is 5.69 Å². The molecule has 9 heteroatoms. The third-order valence-corrected chi connectivity index (χ3v) is 7.14. The molecule has 2 saturated carbocycles. The van der Waals surface area contributed by atoms with Gasteiger partial charge in [0.2, 0.25) is 0 Å². The minimum Gasteiger partial charge on any atom is -0.296 e. The maximum atomic E-state index is 4.72. The summed E-state index contributed by atoms with van der Waals surface area (Å²) < 4.78 is 3.90. The molecule has 0 aliphatic heterocycles. The summed E-state index contributed by atoms with van der Waals surface area (Å²) in [6.45, 7) is 4.87. The van der Waals surface area contributed by atoms with Crippen molar-refractivity contribution < 1.29 is 0 Å². The highest BCUT2D eigenvalue weighted by molar-refractivity contribution is 5.38. The van der Waals surface area contributed by atoms with E-state index in [4.69, 9.17) is 10.1 Å². The first-order chi connectivity index (χ1) is 17.2. The van der Waals surface area contributed by atoms with Gasteiger partial charge in [0.05, 0.1) is 23.1 Å². The molecule has 0 radical (unpaired) electrons. The summed E-state index contributed by atoms with van der Waals surface area (Å²) in [6.07, 6.45) is 7.79. The summed E-state index contributed by atoms with van der Waals surface area (Å²) in [5.74, 6) is 1.90. The molecule has 1 aromatic carbocycles. The number of aromatic nitrogens is 8. The number of hydrogen-bond acceptors (Lipinski definition) is 7. The molecule has 0 bridgehead atoms. The van der Waals surface area contributed by atoms with E-state index < -0.39 is 0 Å². The second kappa shape index (κ2) is 9.30. The van der Waals surface area contributed by atoms with Gasteiger partial charge in [-0.2, -0.15) is 0 Å². The van der Waals surface area contributed by atoms with E-state index in [9.17, 15) is 0 Å². The molecule has 3 heterocycles. The molecular formula is C26H31N9. The van der Waals surface area contributed by atoms with Crippen LogP contribution in [0, 0.1) is 0 Å². The number of benzene rings is 1. The summed E-state index contributed by atoms with van der Waals surface area (Å²) in [4.78, 5) is 4.72. The Morgan fingerprint density at radius 3 is 2.46 bits per heavy atom. The van der Waals surface area contributed by atoms with Gasteiger partial charge in [0.15, 0.2) is 5.82 Å². The number of tetrazole rings is 1. The van der Waals surface area contributed by atoms with E-state index in [0.717, 1.165) is 47.9 Å². The summed E-state index contributed by atoms with van der Waals surface area (Å²) in [7, 11) is 0. The largest absolute Gasteiger partial charge is 0.296 e. The van der Waals surface area contributed by atoms with Gasteiger partial charge in [0, 0.05) is 18.7 Å². The lowest BCUT2D eigenvalue weighted by molar-refractivity contribution is 0.421. The summed E-state index contributed by atoms with van der Waals surface area (Å²) in [5.41, 5.74) is 5.39. The SMILES string of the molecule is CCC(C)n1nnnc1C(NCc1ccc(C2CC2)cn1)c1nnn(-c2ccccc2)c1C1CC1. The number of nitrogens with zero attached hydrogens (tertiary/aromatic N) is 8. The highest BCUT2D eigenvalue weighted by atomic mass is 15.6. The minimum absolute atomic E-state index is 0.175. The van der Waals surface area contributed by atoms with E-state index in [2.05, 4.69) is 64.2 Å². The molecule has 2 aliphatic carbocycles. The van der Waals surface area contributed by atoms with Gasteiger partial charge in [0.1, 0.15) is 11.7 Å². The number of rotatable bonds is 10. The Hall–Kier alpha value is -3.46. The molecule has 9 nitrogen and oxygen atoms in total. The zero-order chi connectivity index (χ0) is 23.8. The zero-order valence-corrected chi connectivity index (χ0v) is 20.2. The van der Waals surface area contributed by atoms with Crippen molar-refractivity contribution in [3.05, 3.63) is 77.1 Å². The van der Waals surface area contributed by atoms with E-state index in [-0.39, 0.29) is 12.1 Å². The average molecular weight is 470 g/mol. The van der Waals surface area contributed by atoms with Crippen molar-refractivity contribution in [1.29, 1.82) is 0 Å². The maximum Gasteiger partial charge on any atom is 0.174 e. The molecule has 180 valence electrons. The average Bonchev–Trinajstić information content (AvgIpc) is 3.84. The van der Waals surface area contributed by atoms with Crippen LogP contribution in [0.25, 0.3) is 5.69 Å². The standard InChI is InChI=1S/C26H31N9/c1-3-17(2)34-26(30-31-33-34)24(28-16-21-14-13-20(15-27-21)18-9-10-18)23-25(19-11-12-19)35(32-29-23)22-7-5-4-6-8-22/h4-8,13-15,17-19,24,28H,3,9-12,16H2,1-2H3. The Balaban J connectivity index is 1.37. The van der Waals surface area contributed by atoms with Crippen molar-refractivity contribution in [2.75, 3.05) is 0 Å². The van der Waals surface area contributed by atoms with Crippen molar-refractivity contribution >= 4 is 0 Å². The fourth-order valence-electron chi connectivity index (χ4n) is 4.60.